The number of hydrogen-bond acceptors (Lipinski definition) is 3. The fraction of sp³-hybridized carbons (Fsp3) is 0. The van der Waals surface area contributed by atoms with Gasteiger partial charge in [-0.05, 0) is 17.7 Å². The van der Waals surface area contributed by atoms with Crippen molar-refractivity contribution in [2.45, 2.75) is 0 Å². The van der Waals surface area contributed by atoms with Crippen LogP contribution in [0, 0.1) is 0 Å². The van der Waals surface area contributed by atoms with Gasteiger partial charge in [0, 0.05) is 11.6 Å². The van der Waals surface area contributed by atoms with Gasteiger partial charge in [0.05, 0.1) is 0 Å². The van der Waals surface area contributed by atoms with E-state index in [9.17, 15) is 0 Å². The maximum absolute atomic E-state index is 5.79. The minimum Gasteiger partial charge on any atom is -0.437 e. The summed E-state index contributed by atoms with van der Waals surface area (Å²) >= 11 is 5.71. The Morgan fingerprint density at radius 2 is 1.50 bits per heavy atom. The summed E-state index contributed by atoms with van der Waals surface area (Å²) in [5.74, 6) is 1.15. The molecular weight excluding hydrogens is 272 g/mol. The van der Waals surface area contributed by atoms with Crippen LogP contribution in [0.2, 0.25) is 5.15 Å². The molecule has 0 unspecified atom stereocenters. The molecular formula is C16H11ClN2O. The highest BCUT2D eigenvalue weighted by molar-refractivity contribution is 6.29. The summed E-state index contributed by atoms with van der Waals surface area (Å²) in [5.41, 5.74) is 2.09. The van der Waals surface area contributed by atoms with Crippen molar-refractivity contribution in [2.24, 2.45) is 0 Å². The third kappa shape index (κ3) is 2.78. The van der Waals surface area contributed by atoms with Crippen molar-refractivity contribution in [3.05, 3.63) is 71.9 Å². The summed E-state index contributed by atoms with van der Waals surface area (Å²) in [5, 5.41) is 8.01. The van der Waals surface area contributed by atoms with E-state index in [0.29, 0.717) is 11.0 Å². The second kappa shape index (κ2) is 5.72. The predicted molar refractivity (Wildman–Crippen MR) is 79.0 cm³/mol. The summed E-state index contributed by atoms with van der Waals surface area (Å²) in [6.07, 6.45) is 0. The van der Waals surface area contributed by atoms with Crippen molar-refractivity contribution in [3.8, 4) is 22.8 Å². The Bertz CT molecular complexity index is 699. The number of para-hydroxylation sites is 1. The molecule has 0 bridgehead atoms. The predicted octanol–water partition coefficient (Wildman–Crippen LogP) is 4.59. The van der Waals surface area contributed by atoms with Crippen molar-refractivity contribution >= 4 is 11.6 Å². The van der Waals surface area contributed by atoms with Gasteiger partial charge in [-0.1, -0.05) is 60.1 Å². The third-order valence-electron chi connectivity index (χ3n) is 2.79. The molecule has 0 atom stereocenters. The SMILES string of the molecule is Clc1ccc(Oc2ccccc2-c2ccccc2)nn1. The first-order valence-electron chi connectivity index (χ1n) is 6.14. The molecule has 0 amide bonds. The van der Waals surface area contributed by atoms with Crippen LogP contribution < -0.4 is 4.74 Å². The van der Waals surface area contributed by atoms with Crippen molar-refractivity contribution in [3.63, 3.8) is 0 Å². The molecule has 0 fully saturated rings. The van der Waals surface area contributed by atoms with Crippen LogP contribution in [-0.4, -0.2) is 10.2 Å². The van der Waals surface area contributed by atoms with Gasteiger partial charge >= 0.3 is 0 Å². The summed E-state index contributed by atoms with van der Waals surface area (Å²) in [4.78, 5) is 0. The van der Waals surface area contributed by atoms with Gasteiger partial charge in [0.25, 0.3) is 0 Å². The summed E-state index contributed by atoms with van der Waals surface area (Å²) in [6, 6.07) is 21.2. The molecule has 0 spiro atoms. The Hall–Kier alpha value is -2.39. The van der Waals surface area contributed by atoms with E-state index in [-0.39, 0.29) is 0 Å². The number of hydrogen-bond donors (Lipinski definition) is 0. The first-order valence-corrected chi connectivity index (χ1v) is 6.52. The zero-order valence-corrected chi connectivity index (χ0v) is 11.3. The quantitative estimate of drug-likeness (QED) is 0.705. The maximum Gasteiger partial charge on any atom is 0.238 e. The molecule has 3 aromatic rings. The molecule has 1 heterocycles. The van der Waals surface area contributed by atoms with E-state index in [1.807, 2.05) is 54.6 Å². The normalized spacial score (nSPS) is 10.2. The van der Waals surface area contributed by atoms with Crippen molar-refractivity contribution in [1.82, 2.24) is 10.2 Å². The van der Waals surface area contributed by atoms with Gasteiger partial charge in [0.15, 0.2) is 5.15 Å². The van der Waals surface area contributed by atoms with Crippen LogP contribution in [0.3, 0.4) is 0 Å². The Kier molecular flexibility index (Phi) is 3.61. The second-order valence-corrected chi connectivity index (χ2v) is 4.55. The average Bonchev–Trinajstić information content (AvgIpc) is 2.51. The van der Waals surface area contributed by atoms with Gasteiger partial charge < -0.3 is 4.74 Å². The standard InChI is InChI=1S/C16H11ClN2O/c17-15-10-11-16(19-18-15)20-14-9-5-4-8-13(14)12-6-2-1-3-7-12/h1-11H. The van der Waals surface area contributed by atoms with Gasteiger partial charge in [-0.3, -0.25) is 0 Å². The monoisotopic (exact) mass is 282 g/mol. The topological polar surface area (TPSA) is 35.0 Å². The fourth-order valence-corrected chi connectivity index (χ4v) is 1.98. The van der Waals surface area contributed by atoms with Crippen LogP contribution in [0.4, 0.5) is 0 Å². The van der Waals surface area contributed by atoms with Crippen LogP contribution in [0.25, 0.3) is 11.1 Å². The van der Waals surface area contributed by atoms with Gasteiger partial charge in [-0.2, -0.15) is 0 Å². The van der Waals surface area contributed by atoms with E-state index in [1.54, 1.807) is 12.1 Å². The van der Waals surface area contributed by atoms with E-state index < -0.39 is 0 Å². The Morgan fingerprint density at radius 1 is 0.750 bits per heavy atom. The highest BCUT2D eigenvalue weighted by Gasteiger charge is 2.07. The van der Waals surface area contributed by atoms with Gasteiger partial charge in [0.1, 0.15) is 5.75 Å². The molecule has 0 aliphatic heterocycles. The number of nitrogens with zero attached hydrogens (tertiary/aromatic N) is 2. The Balaban J connectivity index is 1.96. The first-order chi connectivity index (χ1) is 9.83. The zero-order chi connectivity index (χ0) is 13.8. The smallest absolute Gasteiger partial charge is 0.238 e. The molecule has 1 aromatic heterocycles. The number of halogens is 1. The van der Waals surface area contributed by atoms with Crippen LogP contribution in [0.1, 0.15) is 0 Å². The molecule has 3 nitrogen and oxygen atoms in total. The summed E-state index contributed by atoms with van der Waals surface area (Å²) < 4.78 is 5.79. The van der Waals surface area contributed by atoms with Crippen molar-refractivity contribution in [2.75, 3.05) is 0 Å². The third-order valence-corrected chi connectivity index (χ3v) is 3.00. The van der Waals surface area contributed by atoms with E-state index >= 15 is 0 Å². The summed E-state index contributed by atoms with van der Waals surface area (Å²) in [6.45, 7) is 0. The number of aromatic nitrogens is 2. The molecule has 0 aliphatic carbocycles. The van der Waals surface area contributed by atoms with Crippen LogP contribution in [-0.2, 0) is 0 Å². The highest BCUT2D eigenvalue weighted by Crippen LogP contribution is 2.32. The number of benzene rings is 2. The van der Waals surface area contributed by atoms with E-state index in [0.717, 1.165) is 16.9 Å². The average molecular weight is 283 g/mol. The minimum atomic E-state index is 0.341. The minimum absolute atomic E-state index is 0.341. The first kappa shape index (κ1) is 12.6. The van der Waals surface area contributed by atoms with Crippen LogP contribution in [0.5, 0.6) is 11.6 Å². The van der Waals surface area contributed by atoms with Crippen LogP contribution in [0.15, 0.2) is 66.7 Å². The Morgan fingerprint density at radius 3 is 2.25 bits per heavy atom. The molecule has 4 heteroatoms. The molecule has 0 saturated carbocycles. The molecule has 0 radical (unpaired) electrons. The Labute approximate surface area is 121 Å². The lowest BCUT2D eigenvalue weighted by Gasteiger charge is -2.10. The molecule has 0 aliphatic rings. The molecule has 0 N–H and O–H groups in total. The molecule has 3 rings (SSSR count). The number of ether oxygens (including phenoxy) is 1. The number of rotatable bonds is 3. The molecule has 98 valence electrons. The largest absolute Gasteiger partial charge is 0.437 e. The van der Waals surface area contributed by atoms with Crippen molar-refractivity contribution in [1.29, 1.82) is 0 Å². The van der Waals surface area contributed by atoms with Crippen molar-refractivity contribution < 1.29 is 4.74 Å². The second-order valence-electron chi connectivity index (χ2n) is 4.16. The van der Waals surface area contributed by atoms with E-state index in [1.165, 1.54) is 0 Å². The molecule has 2 aromatic carbocycles. The molecule has 20 heavy (non-hydrogen) atoms. The zero-order valence-electron chi connectivity index (χ0n) is 10.5. The van der Waals surface area contributed by atoms with Gasteiger partial charge in [-0.15, -0.1) is 10.2 Å². The van der Waals surface area contributed by atoms with E-state index in [4.69, 9.17) is 16.3 Å². The van der Waals surface area contributed by atoms with Crippen LogP contribution >= 0.6 is 11.6 Å². The lowest BCUT2D eigenvalue weighted by atomic mass is 10.1. The van der Waals surface area contributed by atoms with Gasteiger partial charge in [0.2, 0.25) is 5.88 Å². The van der Waals surface area contributed by atoms with Gasteiger partial charge in [-0.25, -0.2) is 0 Å². The summed E-state index contributed by atoms with van der Waals surface area (Å²) in [7, 11) is 0. The molecule has 0 saturated heterocycles. The maximum atomic E-state index is 5.79. The fourth-order valence-electron chi connectivity index (χ4n) is 1.88. The lowest BCUT2D eigenvalue weighted by Crippen LogP contribution is -1.92. The highest BCUT2D eigenvalue weighted by atomic mass is 35.5. The van der Waals surface area contributed by atoms with E-state index in [2.05, 4.69) is 10.2 Å². The lowest BCUT2D eigenvalue weighted by molar-refractivity contribution is 0.457.